The number of methoxy groups -OCH3 is 2. The largest absolute Gasteiger partial charge is 0.493 e. The number of nitrogens with one attached hydrogen (secondary N) is 1. The molecule has 1 amide bonds. The molecule has 0 saturated heterocycles. The van der Waals surface area contributed by atoms with Gasteiger partial charge in [0.05, 0.1) is 20.0 Å². The summed E-state index contributed by atoms with van der Waals surface area (Å²) in [6.07, 6.45) is 1.57. The highest BCUT2D eigenvalue weighted by atomic mass is 32.1. The molecule has 0 aliphatic heterocycles. The first kappa shape index (κ1) is 18.0. The van der Waals surface area contributed by atoms with Crippen LogP contribution in [0, 0.1) is 0 Å². The maximum Gasteiger partial charge on any atom is 0.275 e. The normalized spacial score (nSPS) is 10.5. The Kier molecular flexibility index (Phi) is 5.88. The van der Waals surface area contributed by atoms with Gasteiger partial charge in [0, 0.05) is 24.2 Å². The quantitative estimate of drug-likeness (QED) is 0.606. The lowest BCUT2D eigenvalue weighted by Gasteiger charge is -2.12. The number of furan rings is 1. The Morgan fingerprint density at radius 3 is 2.85 bits per heavy atom. The molecule has 0 saturated carbocycles. The molecule has 0 radical (unpaired) electrons. The van der Waals surface area contributed by atoms with Gasteiger partial charge in [-0.05, 0) is 24.3 Å². The van der Waals surface area contributed by atoms with Crippen LogP contribution in [0.1, 0.15) is 10.5 Å². The third-order valence-electron chi connectivity index (χ3n) is 3.44. The number of ether oxygens (including phenoxy) is 3. The van der Waals surface area contributed by atoms with E-state index in [2.05, 4.69) is 10.3 Å². The van der Waals surface area contributed by atoms with E-state index < -0.39 is 0 Å². The number of hydrogen-bond donors (Lipinski definition) is 1. The third kappa shape index (κ3) is 4.22. The van der Waals surface area contributed by atoms with E-state index in [0.717, 1.165) is 0 Å². The Balaban J connectivity index is 1.71. The van der Waals surface area contributed by atoms with E-state index in [0.29, 0.717) is 46.9 Å². The highest BCUT2D eigenvalue weighted by molar-refractivity contribution is 7.13. The number of carbonyl (C=O) groups is 1. The maximum atomic E-state index is 12.4. The molecule has 0 bridgehead atoms. The van der Waals surface area contributed by atoms with E-state index in [4.69, 9.17) is 18.6 Å². The second kappa shape index (κ2) is 8.50. The SMILES string of the molecule is COCCOc1cc(NC(=O)c2csc(-c3ccco3)n2)ccc1OC. The minimum Gasteiger partial charge on any atom is -0.493 e. The minimum absolute atomic E-state index is 0.313. The average Bonchev–Trinajstić information content (AvgIpc) is 3.33. The van der Waals surface area contributed by atoms with Crippen molar-refractivity contribution in [3.8, 4) is 22.3 Å². The van der Waals surface area contributed by atoms with Crippen molar-refractivity contribution in [3.63, 3.8) is 0 Å². The molecule has 0 unspecified atom stereocenters. The van der Waals surface area contributed by atoms with Crippen molar-refractivity contribution in [2.24, 2.45) is 0 Å². The second-order valence-corrected chi connectivity index (χ2v) is 6.03. The second-order valence-electron chi connectivity index (χ2n) is 5.18. The van der Waals surface area contributed by atoms with Crippen LogP contribution in [0.4, 0.5) is 5.69 Å². The highest BCUT2D eigenvalue weighted by Gasteiger charge is 2.14. The first-order valence-corrected chi connectivity index (χ1v) is 8.69. The fourth-order valence-corrected chi connectivity index (χ4v) is 2.96. The van der Waals surface area contributed by atoms with Crippen LogP contribution in [0.15, 0.2) is 46.4 Å². The van der Waals surface area contributed by atoms with E-state index >= 15 is 0 Å². The van der Waals surface area contributed by atoms with Crippen LogP contribution < -0.4 is 14.8 Å². The van der Waals surface area contributed by atoms with E-state index in [-0.39, 0.29) is 5.91 Å². The Morgan fingerprint density at radius 1 is 1.23 bits per heavy atom. The van der Waals surface area contributed by atoms with E-state index in [1.807, 2.05) is 0 Å². The Hall–Kier alpha value is -2.84. The molecule has 0 fully saturated rings. The maximum absolute atomic E-state index is 12.4. The van der Waals surface area contributed by atoms with Gasteiger partial charge in [0.1, 0.15) is 12.3 Å². The summed E-state index contributed by atoms with van der Waals surface area (Å²) in [4.78, 5) is 16.7. The van der Waals surface area contributed by atoms with Crippen molar-refractivity contribution in [1.82, 2.24) is 4.98 Å². The fourth-order valence-electron chi connectivity index (χ4n) is 2.19. The summed E-state index contributed by atoms with van der Waals surface area (Å²) in [6, 6.07) is 8.74. The first-order valence-electron chi connectivity index (χ1n) is 7.82. The van der Waals surface area contributed by atoms with Crippen molar-refractivity contribution in [2.75, 3.05) is 32.8 Å². The monoisotopic (exact) mass is 374 g/mol. The van der Waals surface area contributed by atoms with Crippen LogP contribution in [0.3, 0.4) is 0 Å². The number of rotatable bonds is 8. The molecule has 0 aliphatic rings. The summed E-state index contributed by atoms with van der Waals surface area (Å²) < 4.78 is 21.2. The number of thiazole rings is 1. The summed E-state index contributed by atoms with van der Waals surface area (Å²) in [7, 11) is 3.16. The lowest BCUT2D eigenvalue weighted by molar-refractivity contribution is 0.102. The molecule has 3 aromatic rings. The van der Waals surface area contributed by atoms with Crippen molar-refractivity contribution in [1.29, 1.82) is 0 Å². The van der Waals surface area contributed by atoms with Crippen LogP contribution in [0.25, 0.3) is 10.8 Å². The van der Waals surface area contributed by atoms with Crippen molar-refractivity contribution in [2.45, 2.75) is 0 Å². The predicted octanol–water partition coefficient (Wildman–Crippen LogP) is 3.69. The molecule has 2 aromatic heterocycles. The standard InChI is InChI=1S/C18H18N2O5S/c1-22-8-9-25-16-10-12(5-6-14(16)23-2)19-17(21)13-11-26-18(20-13)15-4-3-7-24-15/h3-7,10-11H,8-9H2,1-2H3,(H,19,21). The molecule has 7 nitrogen and oxygen atoms in total. The van der Waals surface area contributed by atoms with E-state index in [9.17, 15) is 4.79 Å². The summed E-state index contributed by atoms with van der Waals surface area (Å²) in [5.74, 6) is 1.42. The van der Waals surface area contributed by atoms with Gasteiger partial charge in [-0.1, -0.05) is 0 Å². The molecule has 0 atom stereocenters. The topological polar surface area (TPSA) is 82.8 Å². The molecule has 3 rings (SSSR count). The molecular formula is C18H18N2O5S. The summed E-state index contributed by atoms with van der Waals surface area (Å²) in [6.45, 7) is 0.830. The molecule has 1 aromatic carbocycles. The van der Waals surface area contributed by atoms with Crippen molar-refractivity contribution in [3.05, 3.63) is 47.7 Å². The van der Waals surface area contributed by atoms with Gasteiger partial charge in [-0.25, -0.2) is 4.98 Å². The van der Waals surface area contributed by atoms with Gasteiger partial charge in [-0.2, -0.15) is 0 Å². The average molecular weight is 374 g/mol. The van der Waals surface area contributed by atoms with Crippen LogP contribution in [0.5, 0.6) is 11.5 Å². The number of carbonyl (C=O) groups excluding carboxylic acids is 1. The Bertz CT molecular complexity index is 860. The van der Waals surface area contributed by atoms with Crippen molar-refractivity contribution >= 4 is 22.9 Å². The number of aromatic nitrogens is 1. The number of amides is 1. The van der Waals surface area contributed by atoms with Crippen LogP contribution in [-0.2, 0) is 4.74 Å². The molecule has 0 spiro atoms. The summed E-state index contributed by atoms with van der Waals surface area (Å²) >= 11 is 1.34. The zero-order chi connectivity index (χ0) is 18.4. The lowest BCUT2D eigenvalue weighted by atomic mass is 10.2. The molecule has 8 heteroatoms. The summed E-state index contributed by atoms with van der Waals surface area (Å²) in [5, 5.41) is 5.15. The number of anilines is 1. The van der Waals surface area contributed by atoms with Crippen LogP contribution >= 0.6 is 11.3 Å². The number of hydrogen-bond acceptors (Lipinski definition) is 7. The molecule has 1 N–H and O–H groups in total. The van der Waals surface area contributed by atoms with Crippen LogP contribution in [-0.4, -0.2) is 38.3 Å². The Labute approximate surface area is 154 Å². The molecule has 2 heterocycles. The van der Waals surface area contributed by atoms with E-state index in [1.165, 1.54) is 11.3 Å². The Morgan fingerprint density at radius 2 is 2.12 bits per heavy atom. The highest BCUT2D eigenvalue weighted by Crippen LogP contribution is 2.31. The fraction of sp³-hybridized carbons (Fsp3) is 0.222. The molecule has 136 valence electrons. The van der Waals surface area contributed by atoms with Gasteiger partial charge in [0.15, 0.2) is 22.3 Å². The van der Waals surface area contributed by atoms with Crippen molar-refractivity contribution < 1.29 is 23.4 Å². The molecule has 26 heavy (non-hydrogen) atoms. The predicted molar refractivity (Wildman–Crippen MR) is 98.1 cm³/mol. The third-order valence-corrected chi connectivity index (χ3v) is 4.29. The number of benzene rings is 1. The first-order chi connectivity index (χ1) is 12.7. The zero-order valence-electron chi connectivity index (χ0n) is 14.4. The summed E-state index contributed by atoms with van der Waals surface area (Å²) in [5.41, 5.74) is 0.898. The van der Waals surface area contributed by atoms with Gasteiger partial charge in [-0.15, -0.1) is 11.3 Å². The van der Waals surface area contributed by atoms with Gasteiger partial charge >= 0.3 is 0 Å². The van der Waals surface area contributed by atoms with Gasteiger partial charge in [0.2, 0.25) is 0 Å². The zero-order valence-corrected chi connectivity index (χ0v) is 15.2. The molecule has 0 aliphatic carbocycles. The smallest absolute Gasteiger partial charge is 0.275 e. The minimum atomic E-state index is -0.313. The van der Waals surface area contributed by atoms with Crippen LogP contribution in [0.2, 0.25) is 0 Å². The lowest BCUT2D eigenvalue weighted by Crippen LogP contribution is -2.12. The molecular weight excluding hydrogens is 356 g/mol. The van der Waals surface area contributed by atoms with Gasteiger partial charge in [0.25, 0.3) is 5.91 Å². The van der Waals surface area contributed by atoms with E-state index in [1.54, 1.807) is 56.2 Å². The number of nitrogens with zero attached hydrogens (tertiary/aromatic N) is 1. The van der Waals surface area contributed by atoms with Gasteiger partial charge < -0.3 is 23.9 Å². The van der Waals surface area contributed by atoms with Gasteiger partial charge in [-0.3, -0.25) is 4.79 Å².